The van der Waals surface area contributed by atoms with Crippen molar-refractivity contribution in [2.75, 3.05) is 41.0 Å². The van der Waals surface area contributed by atoms with E-state index in [2.05, 4.69) is 13.8 Å². The normalized spacial score (nSPS) is 12.7. The minimum Gasteiger partial charge on any atom is -0.544 e. The molecule has 0 aromatic rings. The van der Waals surface area contributed by atoms with E-state index in [0.717, 1.165) is 38.5 Å². The molecule has 8 heteroatoms. The molecule has 2 atom stereocenters. The molecule has 0 amide bonds. The summed E-state index contributed by atoms with van der Waals surface area (Å²) in [5, 5.41) is 11.7. The van der Waals surface area contributed by atoms with E-state index >= 15 is 0 Å². The van der Waals surface area contributed by atoms with Crippen LogP contribution in [0.15, 0.2) is 0 Å². The summed E-state index contributed by atoms with van der Waals surface area (Å²) in [5.74, 6) is -1.70. The van der Waals surface area contributed by atoms with E-state index in [1.165, 1.54) is 225 Å². The van der Waals surface area contributed by atoms with Crippen LogP contribution in [-0.2, 0) is 28.6 Å². The van der Waals surface area contributed by atoms with E-state index in [0.29, 0.717) is 12.8 Å². The summed E-state index contributed by atoms with van der Waals surface area (Å²) in [6, 6.07) is -0.720. The van der Waals surface area contributed by atoms with E-state index in [1.807, 2.05) is 21.1 Å². The SMILES string of the molecule is CCCCCCCCCCCCCCCCCCCCCCCCCC(=O)OC(COCCC(C(=O)[O-])[N+](C)(C)C)COC(=O)CCCCCCCCCCCCCCCCCCCC. The Balaban J connectivity index is 4.11. The number of ether oxygens (including phenoxy) is 3. The first kappa shape index (κ1) is 63.3. The van der Waals surface area contributed by atoms with Crippen LogP contribution in [0.5, 0.6) is 0 Å². The van der Waals surface area contributed by atoms with Gasteiger partial charge in [0.1, 0.15) is 12.6 Å². The lowest BCUT2D eigenvalue weighted by Crippen LogP contribution is -2.55. The Morgan fingerprint density at radius 2 is 0.677 bits per heavy atom. The molecule has 65 heavy (non-hydrogen) atoms. The standard InChI is InChI=1S/C57H111NO7/c1-6-8-10-12-14-16-18-20-22-24-26-27-28-29-30-32-34-36-38-40-42-44-46-48-56(60)65-53(51-63-50-49-54(57(61)62)58(3,4)5)52-64-55(59)47-45-43-41-39-37-35-33-31-25-23-21-19-17-15-13-11-9-7-2/h53-54H,6-52H2,1-5H3. The number of unbranched alkanes of at least 4 members (excludes halogenated alkanes) is 39. The van der Waals surface area contributed by atoms with Gasteiger partial charge >= 0.3 is 11.9 Å². The minimum absolute atomic E-state index is 0.0501. The van der Waals surface area contributed by atoms with Crippen LogP contribution in [0.4, 0.5) is 0 Å². The Bertz CT molecular complexity index is 1030. The predicted molar refractivity (Wildman–Crippen MR) is 273 cm³/mol. The summed E-state index contributed by atoms with van der Waals surface area (Å²) < 4.78 is 17.3. The van der Waals surface area contributed by atoms with Crippen LogP contribution in [-0.4, -0.2) is 75.5 Å². The van der Waals surface area contributed by atoms with E-state index < -0.39 is 18.1 Å². The van der Waals surface area contributed by atoms with Gasteiger partial charge in [0.2, 0.25) is 0 Å². The van der Waals surface area contributed by atoms with Gasteiger partial charge < -0.3 is 28.6 Å². The van der Waals surface area contributed by atoms with Gasteiger partial charge in [-0.25, -0.2) is 0 Å². The Hall–Kier alpha value is -1.67. The zero-order valence-electron chi connectivity index (χ0n) is 44.2. The molecule has 0 N–H and O–H groups in total. The number of carbonyl (C=O) groups excluding carboxylic acids is 3. The van der Waals surface area contributed by atoms with Crippen molar-refractivity contribution in [2.24, 2.45) is 0 Å². The topological polar surface area (TPSA) is 102 Å². The second kappa shape index (κ2) is 48.8. The number of carboxylic acids is 1. The zero-order valence-corrected chi connectivity index (χ0v) is 44.2. The van der Waals surface area contributed by atoms with Gasteiger partial charge in [0.25, 0.3) is 0 Å². The second-order valence-corrected chi connectivity index (χ2v) is 20.9. The number of rotatable bonds is 53. The summed E-state index contributed by atoms with van der Waals surface area (Å²) in [7, 11) is 5.44. The first-order valence-electron chi connectivity index (χ1n) is 28.6. The fourth-order valence-corrected chi connectivity index (χ4v) is 9.08. The number of carbonyl (C=O) groups is 3. The van der Waals surface area contributed by atoms with Crippen molar-refractivity contribution in [1.29, 1.82) is 0 Å². The van der Waals surface area contributed by atoms with Crippen molar-refractivity contribution < 1.29 is 38.2 Å². The average molecular weight is 923 g/mol. The number of esters is 2. The summed E-state index contributed by atoms with van der Waals surface area (Å²) in [6.07, 6.45) is 54.3. The maximum Gasteiger partial charge on any atom is 0.306 e. The fourth-order valence-electron chi connectivity index (χ4n) is 9.08. The van der Waals surface area contributed by atoms with Crippen LogP contribution < -0.4 is 5.11 Å². The van der Waals surface area contributed by atoms with E-state index in [1.54, 1.807) is 0 Å². The molecule has 0 fully saturated rings. The molecular weight excluding hydrogens is 811 g/mol. The molecule has 0 rings (SSSR count). The lowest BCUT2D eigenvalue weighted by molar-refractivity contribution is -0.889. The van der Waals surface area contributed by atoms with Crippen molar-refractivity contribution in [1.82, 2.24) is 0 Å². The molecule has 386 valence electrons. The van der Waals surface area contributed by atoms with Gasteiger partial charge in [-0.1, -0.05) is 264 Å². The highest BCUT2D eigenvalue weighted by molar-refractivity contribution is 5.70. The number of likely N-dealkylation sites (N-methyl/N-ethyl adjacent to an activating group) is 1. The summed E-state index contributed by atoms with van der Waals surface area (Å²) in [6.45, 7) is 4.74. The lowest BCUT2D eigenvalue weighted by Gasteiger charge is -2.34. The first-order chi connectivity index (χ1) is 31.6. The number of carboxylic acid groups (broad SMARTS) is 1. The van der Waals surface area contributed by atoms with Crippen LogP contribution >= 0.6 is 0 Å². The van der Waals surface area contributed by atoms with Crippen molar-refractivity contribution in [3.63, 3.8) is 0 Å². The molecule has 0 saturated heterocycles. The average Bonchev–Trinajstić information content (AvgIpc) is 3.27. The maximum absolute atomic E-state index is 12.8. The van der Waals surface area contributed by atoms with Crippen LogP contribution in [0, 0.1) is 0 Å². The molecule has 8 nitrogen and oxygen atoms in total. The smallest absolute Gasteiger partial charge is 0.306 e. The monoisotopic (exact) mass is 922 g/mol. The lowest BCUT2D eigenvalue weighted by atomic mass is 10.0. The van der Waals surface area contributed by atoms with Gasteiger partial charge in [-0.2, -0.15) is 0 Å². The first-order valence-corrected chi connectivity index (χ1v) is 28.6. The molecule has 0 saturated carbocycles. The van der Waals surface area contributed by atoms with Gasteiger partial charge in [0, 0.05) is 19.3 Å². The van der Waals surface area contributed by atoms with Gasteiger partial charge in [-0.3, -0.25) is 9.59 Å². The second-order valence-electron chi connectivity index (χ2n) is 20.9. The number of nitrogens with zero attached hydrogens (tertiary/aromatic N) is 1. The zero-order chi connectivity index (χ0) is 47.7. The largest absolute Gasteiger partial charge is 0.544 e. The third-order valence-electron chi connectivity index (χ3n) is 13.5. The molecule has 0 heterocycles. The minimum atomic E-state index is -1.12. The predicted octanol–water partition coefficient (Wildman–Crippen LogP) is 15.5. The van der Waals surface area contributed by atoms with Crippen LogP contribution in [0.2, 0.25) is 0 Å². The summed E-state index contributed by atoms with van der Waals surface area (Å²) in [4.78, 5) is 37.1. The highest BCUT2D eigenvalue weighted by atomic mass is 16.6. The highest BCUT2D eigenvalue weighted by Crippen LogP contribution is 2.18. The summed E-state index contributed by atoms with van der Waals surface area (Å²) >= 11 is 0. The van der Waals surface area contributed by atoms with Crippen LogP contribution in [0.25, 0.3) is 0 Å². The number of hydrogen-bond donors (Lipinski definition) is 0. The quantitative estimate of drug-likeness (QED) is 0.0340. The fraction of sp³-hybridized carbons (Fsp3) is 0.947. The Kier molecular flexibility index (Phi) is 47.5. The van der Waals surface area contributed by atoms with E-state index in [4.69, 9.17) is 14.2 Å². The van der Waals surface area contributed by atoms with Crippen LogP contribution in [0.1, 0.15) is 296 Å². The number of hydrogen-bond acceptors (Lipinski definition) is 7. The Morgan fingerprint density at radius 1 is 0.400 bits per heavy atom. The van der Waals surface area contributed by atoms with Crippen molar-refractivity contribution in [3.8, 4) is 0 Å². The Morgan fingerprint density at radius 3 is 0.954 bits per heavy atom. The molecule has 2 unspecified atom stereocenters. The molecule has 0 aromatic heterocycles. The molecule has 0 aromatic carbocycles. The van der Waals surface area contributed by atoms with Crippen LogP contribution in [0.3, 0.4) is 0 Å². The maximum atomic E-state index is 12.8. The number of quaternary nitrogens is 1. The molecular formula is C57H111NO7. The molecule has 0 bridgehead atoms. The van der Waals surface area contributed by atoms with Crippen molar-refractivity contribution >= 4 is 17.9 Å². The molecule has 0 spiro atoms. The third kappa shape index (κ3) is 47.2. The van der Waals surface area contributed by atoms with Gasteiger partial charge in [-0.05, 0) is 12.8 Å². The number of aliphatic carboxylic acids is 1. The Labute approximate surface area is 404 Å². The van der Waals surface area contributed by atoms with Gasteiger partial charge in [0.05, 0.1) is 40.3 Å². The van der Waals surface area contributed by atoms with Gasteiger partial charge in [0.15, 0.2) is 6.10 Å². The molecule has 0 radical (unpaired) electrons. The highest BCUT2D eigenvalue weighted by Gasteiger charge is 2.25. The third-order valence-corrected chi connectivity index (χ3v) is 13.5. The van der Waals surface area contributed by atoms with Crippen molar-refractivity contribution in [3.05, 3.63) is 0 Å². The molecule has 0 aliphatic heterocycles. The van der Waals surface area contributed by atoms with Gasteiger partial charge in [-0.15, -0.1) is 0 Å². The van der Waals surface area contributed by atoms with E-state index in [-0.39, 0.29) is 42.7 Å². The van der Waals surface area contributed by atoms with Crippen molar-refractivity contribution in [2.45, 2.75) is 309 Å². The molecule has 0 aliphatic carbocycles. The van der Waals surface area contributed by atoms with E-state index in [9.17, 15) is 19.5 Å². The summed E-state index contributed by atoms with van der Waals surface area (Å²) in [5.41, 5.74) is 0. The molecule has 0 aliphatic rings.